The molecule has 0 aromatic carbocycles. The molecule has 86 valence electrons. The first kappa shape index (κ1) is 11.9. The molecule has 15 heavy (non-hydrogen) atoms. The van der Waals surface area contributed by atoms with Gasteiger partial charge in [0.1, 0.15) is 0 Å². The Hall–Kier alpha value is -1.13. The summed E-state index contributed by atoms with van der Waals surface area (Å²) >= 11 is 0. The van der Waals surface area contributed by atoms with Gasteiger partial charge in [0.25, 0.3) is 0 Å². The van der Waals surface area contributed by atoms with Crippen molar-refractivity contribution in [2.45, 2.75) is 39.7 Å². The van der Waals surface area contributed by atoms with Crippen LogP contribution in [0.25, 0.3) is 0 Å². The van der Waals surface area contributed by atoms with Crippen LogP contribution in [0.5, 0.6) is 0 Å². The quantitative estimate of drug-likeness (QED) is 0.823. The van der Waals surface area contributed by atoms with E-state index in [4.69, 9.17) is 5.73 Å². The van der Waals surface area contributed by atoms with Crippen LogP contribution in [-0.2, 0) is 6.54 Å². The average molecular weight is 217 g/mol. The fourth-order valence-corrected chi connectivity index (χ4v) is 1.51. The lowest BCUT2D eigenvalue weighted by Crippen LogP contribution is -2.13. The van der Waals surface area contributed by atoms with Gasteiger partial charge in [0, 0.05) is 19.2 Å². The predicted octanol–water partition coefficient (Wildman–Crippen LogP) is 2.46. The molecule has 0 fully saturated rings. The number of hydrogen-bond donors (Lipinski definition) is 1. The minimum Gasteiger partial charge on any atom is -0.396 e. The molecule has 1 aromatic rings. The summed E-state index contributed by atoms with van der Waals surface area (Å²) in [6.45, 7) is 4.23. The Bertz CT molecular complexity index is 290. The van der Waals surface area contributed by atoms with Crippen LogP contribution in [0.3, 0.4) is 0 Å². The number of hydrogen-bond acceptors (Lipinski definition) is 2. The first-order valence-corrected chi connectivity index (χ1v) is 5.10. The fourth-order valence-electron chi connectivity index (χ4n) is 1.51. The molecule has 2 N–H and O–H groups in total. The van der Waals surface area contributed by atoms with Gasteiger partial charge in [-0.25, -0.2) is 8.78 Å². The lowest BCUT2D eigenvalue weighted by atomic mass is 10.0. The maximum Gasteiger partial charge on any atom is 0.239 e. The molecule has 0 saturated heterocycles. The summed E-state index contributed by atoms with van der Waals surface area (Å²) in [6.07, 6.45) is 0.103. The third-order valence-corrected chi connectivity index (χ3v) is 2.52. The summed E-state index contributed by atoms with van der Waals surface area (Å²) in [5.74, 6) is -0.0382. The molecule has 0 radical (unpaired) electrons. The van der Waals surface area contributed by atoms with Gasteiger partial charge >= 0.3 is 0 Å². The van der Waals surface area contributed by atoms with Crippen molar-refractivity contribution in [3.05, 3.63) is 11.9 Å². The molecule has 1 atom stereocenters. The van der Waals surface area contributed by atoms with Crippen LogP contribution in [0.1, 0.15) is 25.5 Å². The summed E-state index contributed by atoms with van der Waals surface area (Å²) in [6, 6.07) is 0. The molecular formula is C10H17F2N3. The summed E-state index contributed by atoms with van der Waals surface area (Å²) in [5, 5.41) is 4.15. The van der Waals surface area contributed by atoms with E-state index in [2.05, 4.69) is 5.10 Å². The highest BCUT2D eigenvalue weighted by molar-refractivity contribution is 5.39. The second-order valence-electron chi connectivity index (χ2n) is 3.79. The van der Waals surface area contributed by atoms with Gasteiger partial charge < -0.3 is 5.73 Å². The van der Waals surface area contributed by atoms with E-state index in [0.29, 0.717) is 12.2 Å². The standard InChI is InChI=1S/C10H17F2N3/c1-3-8(4-10(11)12)5-15-6-9(13)7(2)14-15/h6,8,10H,3-5,13H2,1-2H3. The van der Waals surface area contributed by atoms with Crippen LogP contribution < -0.4 is 5.73 Å². The van der Waals surface area contributed by atoms with Crippen molar-refractivity contribution in [1.29, 1.82) is 0 Å². The van der Waals surface area contributed by atoms with Gasteiger partial charge in [-0.2, -0.15) is 5.10 Å². The molecule has 0 aliphatic carbocycles. The monoisotopic (exact) mass is 217 g/mol. The van der Waals surface area contributed by atoms with E-state index in [0.717, 1.165) is 12.1 Å². The Labute approximate surface area is 88.3 Å². The highest BCUT2D eigenvalue weighted by atomic mass is 19.3. The maximum atomic E-state index is 12.2. The van der Waals surface area contributed by atoms with Gasteiger partial charge in [0.2, 0.25) is 6.43 Å². The number of rotatable bonds is 5. The number of alkyl halides is 2. The Balaban J connectivity index is 2.58. The van der Waals surface area contributed by atoms with Gasteiger partial charge in [0.15, 0.2) is 0 Å². The molecule has 1 rings (SSSR count). The van der Waals surface area contributed by atoms with Crippen LogP contribution in [0, 0.1) is 12.8 Å². The number of aryl methyl sites for hydroxylation is 1. The van der Waals surface area contributed by atoms with Crippen molar-refractivity contribution >= 4 is 5.69 Å². The molecule has 0 aliphatic rings. The predicted molar refractivity (Wildman–Crippen MR) is 55.8 cm³/mol. The number of nitrogen functional groups attached to an aromatic ring is 1. The van der Waals surface area contributed by atoms with Gasteiger partial charge in [-0.15, -0.1) is 0 Å². The summed E-state index contributed by atoms with van der Waals surface area (Å²) in [4.78, 5) is 0. The highest BCUT2D eigenvalue weighted by Gasteiger charge is 2.14. The number of anilines is 1. The number of aromatic nitrogens is 2. The summed E-state index contributed by atoms with van der Waals surface area (Å²) in [7, 11) is 0. The van der Waals surface area contributed by atoms with E-state index >= 15 is 0 Å². The zero-order valence-corrected chi connectivity index (χ0v) is 9.08. The number of nitrogens with two attached hydrogens (primary N) is 1. The topological polar surface area (TPSA) is 43.8 Å². The smallest absolute Gasteiger partial charge is 0.239 e. The average Bonchev–Trinajstić information content (AvgIpc) is 2.44. The zero-order valence-electron chi connectivity index (χ0n) is 9.08. The van der Waals surface area contributed by atoms with Crippen LogP contribution >= 0.6 is 0 Å². The van der Waals surface area contributed by atoms with Gasteiger partial charge in [-0.05, 0) is 12.8 Å². The molecule has 0 aliphatic heterocycles. The van der Waals surface area contributed by atoms with Crippen LogP contribution in [0.2, 0.25) is 0 Å². The van der Waals surface area contributed by atoms with Crippen molar-refractivity contribution < 1.29 is 8.78 Å². The molecule has 0 spiro atoms. The molecule has 0 saturated carbocycles. The van der Waals surface area contributed by atoms with E-state index in [1.54, 1.807) is 17.8 Å². The van der Waals surface area contributed by atoms with Gasteiger partial charge in [0.05, 0.1) is 11.4 Å². The van der Waals surface area contributed by atoms with E-state index in [-0.39, 0.29) is 12.3 Å². The Morgan fingerprint density at radius 2 is 2.20 bits per heavy atom. The molecule has 1 unspecified atom stereocenters. The molecule has 1 aromatic heterocycles. The fraction of sp³-hybridized carbons (Fsp3) is 0.700. The molecule has 1 heterocycles. The number of nitrogens with zero attached hydrogens (tertiary/aromatic N) is 2. The minimum absolute atomic E-state index is 0.0382. The first-order valence-electron chi connectivity index (χ1n) is 5.10. The Morgan fingerprint density at radius 3 is 2.60 bits per heavy atom. The lowest BCUT2D eigenvalue weighted by molar-refractivity contribution is 0.108. The summed E-state index contributed by atoms with van der Waals surface area (Å²) in [5.41, 5.74) is 6.99. The van der Waals surface area contributed by atoms with Gasteiger partial charge in [-0.1, -0.05) is 13.3 Å². The van der Waals surface area contributed by atoms with E-state index in [9.17, 15) is 8.78 Å². The molecule has 5 heteroatoms. The van der Waals surface area contributed by atoms with E-state index < -0.39 is 6.43 Å². The Morgan fingerprint density at radius 1 is 1.53 bits per heavy atom. The van der Waals surface area contributed by atoms with Crippen molar-refractivity contribution in [2.24, 2.45) is 5.92 Å². The second kappa shape index (κ2) is 5.09. The maximum absolute atomic E-state index is 12.2. The van der Waals surface area contributed by atoms with Crippen molar-refractivity contribution in [3.63, 3.8) is 0 Å². The molecule has 0 amide bonds. The highest BCUT2D eigenvalue weighted by Crippen LogP contribution is 2.17. The minimum atomic E-state index is -2.25. The van der Waals surface area contributed by atoms with Gasteiger partial charge in [-0.3, -0.25) is 4.68 Å². The molecule has 0 bridgehead atoms. The normalized spacial score (nSPS) is 13.4. The van der Waals surface area contributed by atoms with Crippen molar-refractivity contribution in [3.8, 4) is 0 Å². The number of halogens is 2. The SMILES string of the molecule is CCC(CC(F)F)Cn1cc(N)c(C)n1. The van der Waals surface area contributed by atoms with E-state index in [1.807, 2.05) is 6.92 Å². The van der Waals surface area contributed by atoms with Crippen molar-refractivity contribution in [2.75, 3.05) is 5.73 Å². The first-order chi connectivity index (χ1) is 7.02. The van der Waals surface area contributed by atoms with Crippen molar-refractivity contribution in [1.82, 2.24) is 9.78 Å². The second-order valence-corrected chi connectivity index (χ2v) is 3.79. The Kier molecular flexibility index (Phi) is 4.05. The lowest BCUT2D eigenvalue weighted by Gasteiger charge is -2.13. The zero-order chi connectivity index (χ0) is 11.4. The van der Waals surface area contributed by atoms with Crippen LogP contribution in [-0.4, -0.2) is 16.2 Å². The molecular weight excluding hydrogens is 200 g/mol. The molecule has 3 nitrogen and oxygen atoms in total. The third kappa shape index (κ3) is 3.49. The third-order valence-electron chi connectivity index (χ3n) is 2.52. The summed E-state index contributed by atoms with van der Waals surface area (Å²) < 4.78 is 26.1. The van der Waals surface area contributed by atoms with Crippen LogP contribution in [0.15, 0.2) is 6.20 Å². The van der Waals surface area contributed by atoms with E-state index in [1.165, 1.54) is 0 Å². The largest absolute Gasteiger partial charge is 0.396 e. The van der Waals surface area contributed by atoms with Crippen LogP contribution in [0.4, 0.5) is 14.5 Å².